The number of rotatable bonds is 5. The lowest BCUT2D eigenvalue weighted by Gasteiger charge is -2.34. The number of ether oxygens (including phenoxy) is 1. The normalized spacial score (nSPS) is 21.9. The van der Waals surface area contributed by atoms with Crippen molar-refractivity contribution in [1.29, 1.82) is 0 Å². The van der Waals surface area contributed by atoms with Crippen LogP contribution < -0.4 is 5.32 Å². The quantitative estimate of drug-likeness (QED) is 0.643. The van der Waals surface area contributed by atoms with Crippen LogP contribution in [0.4, 0.5) is 0 Å². The van der Waals surface area contributed by atoms with Crippen molar-refractivity contribution in [1.82, 2.24) is 5.32 Å². The predicted molar refractivity (Wildman–Crippen MR) is 112 cm³/mol. The Balaban J connectivity index is 1.38. The van der Waals surface area contributed by atoms with E-state index in [1.54, 1.807) is 6.26 Å². The Hall–Kier alpha value is -2.82. The lowest BCUT2D eigenvalue weighted by Crippen LogP contribution is -2.45. The molecule has 1 amide bonds. The third-order valence-corrected chi connectivity index (χ3v) is 6.29. The minimum atomic E-state index is -0.430. The van der Waals surface area contributed by atoms with E-state index in [1.165, 1.54) is 6.42 Å². The Kier molecular flexibility index (Phi) is 5.56. The Bertz CT molecular complexity index is 1040. The van der Waals surface area contributed by atoms with Crippen LogP contribution in [-0.4, -0.2) is 24.5 Å². The Labute approximate surface area is 170 Å². The number of esters is 1. The molecule has 152 valence electrons. The van der Waals surface area contributed by atoms with Crippen LogP contribution in [-0.2, 0) is 20.7 Å². The molecule has 29 heavy (non-hydrogen) atoms. The molecule has 3 atom stereocenters. The summed E-state index contributed by atoms with van der Waals surface area (Å²) in [5, 5.41) is 6.09. The van der Waals surface area contributed by atoms with Crippen LogP contribution in [0.15, 0.2) is 47.1 Å². The van der Waals surface area contributed by atoms with Gasteiger partial charge in [-0.05, 0) is 35.1 Å². The second-order valence-corrected chi connectivity index (χ2v) is 8.20. The van der Waals surface area contributed by atoms with Gasteiger partial charge in [0.2, 0.25) is 0 Å². The van der Waals surface area contributed by atoms with Crippen LogP contribution in [0.1, 0.15) is 38.7 Å². The van der Waals surface area contributed by atoms with Gasteiger partial charge in [-0.2, -0.15) is 0 Å². The molecular formula is C24H27NO4. The Morgan fingerprint density at radius 1 is 1.14 bits per heavy atom. The van der Waals surface area contributed by atoms with Gasteiger partial charge in [0.1, 0.15) is 5.58 Å². The number of hydrogen-bond acceptors (Lipinski definition) is 4. The van der Waals surface area contributed by atoms with E-state index in [9.17, 15) is 9.59 Å². The van der Waals surface area contributed by atoms with Gasteiger partial charge in [0, 0.05) is 17.0 Å². The number of hydrogen-bond donors (Lipinski definition) is 1. The van der Waals surface area contributed by atoms with Gasteiger partial charge >= 0.3 is 5.97 Å². The topological polar surface area (TPSA) is 68.5 Å². The van der Waals surface area contributed by atoms with Gasteiger partial charge in [-0.15, -0.1) is 0 Å². The second kappa shape index (κ2) is 8.27. The zero-order valence-corrected chi connectivity index (χ0v) is 16.9. The molecule has 2 aromatic carbocycles. The number of furan rings is 1. The van der Waals surface area contributed by atoms with Crippen LogP contribution in [0.2, 0.25) is 0 Å². The fraction of sp³-hybridized carbons (Fsp3) is 0.417. The van der Waals surface area contributed by atoms with Crippen molar-refractivity contribution in [2.45, 2.75) is 45.6 Å². The number of benzene rings is 2. The highest BCUT2D eigenvalue weighted by atomic mass is 16.5. The highest BCUT2D eigenvalue weighted by Crippen LogP contribution is 2.31. The van der Waals surface area contributed by atoms with E-state index < -0.39 is 5.97 Å². The highest BCUT2D eigenvalue weighted by molar-refractivity contribution is 6.08. The molecule has 0 saturated heterocycles. The van der Waals surface area contributed by atoms with Gasteiger partial charge in [0.05, 0.1) is 12.7 Å². The van der Waals surface area contributed by atoms with E-state index in [4.69, 9.17) is 9.15 Å². The van der Waals surface area contributed by atoms with Crippen LogP contribution >= 0.6 is 0 Å². The molecule has 1 fully saturated rings. The summed E-state index contributed by atoms with van der Waals surface area (Å²) in [7, 11) is 0. The fourth-order valence-corrected chi connectivity index (χ4v) is 4.39. The van der Waals surface area contributed by atoms with E-state index >= 15 is 0 Å². The van der Waals surface area contributed by atoms with Gasteiger partial charge in [0.15, 0.2) is 6.61 Å². The van der Waals surface area contributed by atoms with Crippen molar-refractivity contribution in [3.8, 4) is 0 Å². The summed E-state index contributed by atoms with van der Waals surface area (Å²) in [6.45, 7) is 4.16. The SMILES string of the molecule is C[C@@H]1[C@@H](C)CCC[C@H]1NC(=O)COC(=O)Cc1coc2ccc3ccccc3c12. The summed E-state index contributed by atoms with van der Waals surface area (Å²) in [5.74, 6) is 0.377. The third kappa shape index (κ3) is 4.14. The standard InChI is InChI=1S/C24H27NO4/c1-15-6-5-9-20(16(15)2)25-22(26)14-29-23(27)12-18-13-28-21-11-10-17-7-3-4-8-19(17)24(18)21/h3-4,7-8,10-11,13,15-16,20H,5-6,9,12,14H2,1-2H3,(H,25,26)/t15-,16+,20+/m0/s1. The molecule has 1 aromatic heterocycles. The van der Waals surface area contributed by atoms with Crippen molar-refractivity contribution < 1.29 is 18.7 Å². The maximum Gasteiger partial charge on any atom is 0.310 e. The average molecular weight is 393 g/mol. The molecule has 4 rings (SSSR count). The van der Waals surface area contributed by atoms with Crippen molar-refractivity contribution in [2.24, 2.45) is 11.8 Å². The van der Waals surface area contributed by atoms with Crippen LogP contribution in [0.5, 0.6) is 0 Å². The molecule has 1 aliphatic carbocycles. The smallest absolute Gasteiger partial charge is 0.310 e. The summed E-state index contributed by atoms with van der Waals surface area (Å²) in [6.07, 6.45) is 4.99. The first-order valence-corrected chi connectivity index (χ1v) is 10.4. The summed E-state index contributed by atoms with van der Waals surface area (Å²) < 4.78 is 10.9. The van der Waals surface area contributed by atoms with Gasteiger partial charge in [-0.3, -0.25) is 9.59 Å². The molecule has 1 aliphatic rings. The summed E-state index contributed by atoms with van der Waals surface area (Å²) in [5.41, 5.74) is 1.52. The van der Waals surface area contributed by atoms with E-state index in [2.05, 4.69) is 19.2 Å². The molecule has 0 unspecified atom stereocenters. The molecule has 0 radical (unpaired) electrons. The molecule has 1 heterocycles. The van der Waals surface area contributed by atoms with Crippen LogP contribution in [0.25, 0.3) is 21.7 Å². The van der Waals surface area contributed by atoms with Gasteiger partial charge in [0.25, 0.3) is 5.91 Å². The maximum absolute atomic E-state index is 12.4. The van der Waals surface area contributed by atoms with Crippen molar-refractivity contribution in [2.75, 3.05) is 6.61 Å². The summed E-state index contributed by atoms with van der Waals surface area (Å²) >= 11 is 0. The predicted octanol–water partition coefficient (Wildman–Crippen LogP) is 4.61. The number of carbonyl (C=O) groups is 2. The van der Waals surface area contributed by atoms with E-state index in [-0.39, 0.29) is 25.0 Å². The molecule has 5 heteroatoms. The van der Waals surface area contributed by atoms with E-state index in [0.717, 1.165) is 40.1 Å². The zero-order chi connectivity index (χ0) is 20.4. The van der Waals surface area contributed by atoms with Gasteiger partial charge < -0.3 is 14.5 Å². The van der Waals surface area contributed by atoms with Crippen LogP contribution in [0, 0.1) is 11.8 Å². The molecule has 1 N–H and O–H groups in total. The van der Waals surface area contributed by atoms with Gasteiger partial charge in [-0.1, -0.05) is 57.0 Å². The first-order valence-electron chi connectivity index (χ1n) is 10.4. The number of fused-ring (bicyclic) bond motifs is 3. The molecular weight excluding hydrogens is 366 g/mol. The Morgan fingerprint density at radius 3 is 2.83 bits per heavy atom. The van der Waals surface area contributed by atoms with Crippen molar-refractivity contribution >= 4 is 33.6 Å². The molecule has 3 aromatic rings. The highest BCUT2D eigenvalue weighted by Gasteiger charge is 2.28. The van der Waals surface area contributed by atoms with Gasteiger partial charge in [-0.25, -0.2) is 0 Å². The fourth-order valence-electron chi connectivity index (χ4n) is 4.39. The lowest BCUT2D eigenvalue weighted by atomic mass is 9.78. The lowest BCUT2D eigenvalue weighted by molar-refractivity contribution is -0.148. The monoisotopic (exact) mass is 393 g/mol. The first-order chi connectivity index (χ1) is 14.0. The molecule has 0 spiro atoms. The average Bonchev–Trinajstić information content (AvgIpc) is 3.13. The third-order valence-electron chi connectivity index (χ3n) is 6.29. The maximum atomic E-state index is 12.4. The minimum Gasteiger partial charge on any atom is -0.464 e. The van der Waals surface area contributed by atoms with Crippen molar-refractivity contribution in [3.63, 3.8) is 0 Å². The van der Waals surface area contributed by atoms with Crippen LogP contribution in [0.3, 0.4) is 0 Å². The molecule has 0 bridgehead atoms. The Morgan fingerprint density at radius 2 is 1.97 bits per heavy atom. The minimum absolute atomic E-state index is 0.0746. The second-order valence-electron chi connectivity index (χ2n) is 8.20. The number of nitrogens with one attached hydrogen (secondary N) is 1. The number of carbonyl (C=O) groups excluding carboxylic acids is 2. The first kappa shape index (κ1) is 19.5. The summed E-state index contributed by atoms with van der Waals surface area (Å²) in [6, 6.07) is 12.1. The number of amides is 1. The zero-order valence-electron chi connectivity index (χ0n) is 16.9. The largest absolute Gasteiger partial charge is 0.464 e. The molecule has 1 saturated carbocycles. The summed E-state index contributed by atoms with van der Waals surface area (Å²) in [4.78, 5) is 24.6. The molecule has 5 nitrogen and oxygen atoms in total. The van der Waals surface area contributed by atoms with Crippen molar-refractivity contribution in [3.05, 3.63) is 48.2 Å². The van der Waals surface area contributed by atoms with E-state index in [0.29, 0.717) is 11.8 Å². The van der Waals surface area contributed by atoms with E-state index in [1.807, 2.05) is 36.4 Å². The molecule has 0 aliphatic heterocycles.